The number of aromatic nitrogens is 2. The summed E-state index contributed by atoms with van der Waals surface area (Å²) in [6, 6.07) is 13.5. The van der Waals surface area contributed by atoms with Gasteiger partial charge in [0.15, 0.2) is 5.82 Å². The maximum absolute atomic E-state index is 12.8. The predicted molar refractivity (Wildman–Crippen MR) is 106 cm³/mol. The minimum absolute atomic E-state index is 0.110. The van der Waals surface area contributed by atoms with E-state index in [1.54, 1.807) is 23.1 Å². The Morgan fingerprint density at radius 2 is 1.78 bits per heavy atom. The lowest BCUT2D eigenvalue weighted by molar-refractivity contribution is 0.0734. The number of hydrogen-bond acceptors (Lipinski definition) is 4. The van der Waals surface area contributed by atoms with Crippen molar-refractivity contribution in [2.24, 2.45) is 0 Å². The van der Waals surface area contributed by atoms with Crippen LogP contribution in [0.2, 0.25) is 0 Å². The van der Waals surface area contributed by atoms with Crippen LogP contribution in [0.5, 0.6) is 0 Å². The fourth-order valence-electron chi connectivity index (χ4n) is 3.65. The summed E-state index contributed by atoms with van der Waals surface area (Å²) in [7, 11) is 0. The van der Waals surface area contributed by atoms with Gasteiger partial charge in [0, 0.05) is 31.9 Å². The maximum Gasteiger partial charge on any atom is 0.289 e. The van der Waals surface area contributed by atoms with E-state index in [9.17, 15) is 9.59 Å². The van der Waals surface area contributed by atoms with Crippen molar-refractivity contribution in [2.45, 2.75) is 13.8 Å². The molecular weight excluding hydrogens is 340 g/mol. The molecule has 0 unspecified atom stereocenters. The number of hydrogen-bond donors (Lipinski definition) is 1. The van der Waals surface area contributed by atoms with Gasteiger partial charge in [0.25, 0.3) is 11.5 Å². The molecule has 2 heterocycles. The molecule has 0 aliphatic carbocycles. The number of benzene rings is 2. The molecule has 0 bridgehead atoms. The molecule has 138 valence electrons. The van der Waals surface area contributed by atoms with Gasteiger partial charge >= 0.3 is 0 Å². The van der Waals surface area contributed by atoms with E-state index in [1.165, 1.54) is 16.8 Å². The standard InChI is InChI=1S/C21H22N4O2/c1-14-7-8-18(15(2)13-14)24-9-11-25(12-10-24)21(27)19-22-17-6-4-3-5-16(17)20(26)23-19/h3-8,13H,9-12H2,1-2H3,(H,22,23,26). The van der Waals surface area contributed by atoms with Gasteiger partial charge in [-0.15, -0.1) is 0 Å². The summed E-state index contributed by atoms with van der Waals surface area (Å²) in [6.07, 6.45) is 0. The lowest BCUT2D eigenvalue weighted by atomic mass is 10.1. The highest BCUT2D eigenvalue weighted by Crippen LogP contribution is 2.22. The van der Waals surface area contributed by atoms with Crippen LogP contribution in [0.25, 0.3) is 10.9 Å². The summed E-state index contributed by atoms with van der Waals surface area (Å²) in [6.45, 7) is 6.92. The van der Waals surface area contributed by atoms with Gasteiger partial charge in [-0.1, -0.05) is 29.8 Å². The summed E-state index contributed by atoms with van der Waals surface area (Å²) in [5.74, 6) is -0.114. The summed E-state index contributed by atoms with van der Waals surface area (Å²) >= 11 is 0. The van der Waals surface area contributed by atoms with Crippen LogP contribution in [0.4, 0.5) is 5.69 Å². The van der Waals surface area contributed by atoms with Crippen molar-refractivity contribution in [2.75, 3.05) is 31.1 Å². The van der Waals surface area contributed by atoms with Crippen LogP contribution in [-0.4, -0.2) is 47.0 Å². The number of carbonyl (C=O) groups excluding carboxylic acids is 1. The van der Waals surface area contributed by atoms with Crippen LogP contribution >= 0.6 is 0 Å². The fourth-order valence-corrected chi connectivity index (χ4v) is 3.65. The highest BCUT2D eigenvalue weighted by atomic mass is 16.2. The van der Waals surface area contributed by atoms with E-state index in [0.29, 0.717) is 24.0 Å². The molecule has 1 fully saturated rings. The molecule has 4 rings (SSSR count). The second-order valence-electron chi connectivity index (χ2n) is 7.00. The van der Waals surface area contributed by atoms with Crippen molar-refractivity contribution in [3.8, 4) is 0 Å². The zero-order chi connectivity index (χ0) is 19.0. The molecule has 1 aliphatic heterocycles. The van der Waals surface area contributed by atoms with Crippen molar-refractivity contribution >= 4 is 22.5 Å². The Morgan fingerprint density at radius 1 is 1.04 bits per heavy atom. The summed E-state index contributed by atoms with van der Waals surface area (Å²) in [5, 5.41) is 0.494. The number of aryl methyl sites for hydroxylation is 2. The Bertz CT molecular complexity index is 1070. The Hall–Kier alpha value is -3.15. The van der Waals surface area contributed by atoms with Crippen LogP contribution in [0.3, 0.4) is 0 Å². The fraction of sp³-hybridized carbons (Fsp3) is 0.286. The van der Waals surface area contributed by atoms with Crippen LogP contribution < -0.4 is 10.5 Å². The number of amides is 1. The van der Waals surface area contributed by atoms with Crippen LogP contribution in [0.15, 0.2) is 47.3 Å². The monoisotopic (exact) mass is 362 g/mol. The highest BCUT2D eigenvalue weighted by molar-refractivity contribution is 5.92. The van der Waals surface area contributed by atoms with E-state index in [4.69, 9.17) is 0 Å². The molecule has 1 aliphatic rings. The third-order valence-electron chi connectivity index (χ3n) is 5.08. The normalized spacial score (nSPS) is 14.6. The molecule has 3 aromatic rings. The Labute approximate surface area is 157 Å². The van der Waals surface area contributed by atoms with Gasteiger partial charge < -0.3 is 14.8 Å². The first-order valence-corrected chi connectivity index (χ1v) is 9.13. The van der Waals surface area contributed by atoms with E-state index in [0.717, 1.165) is 13.1 Å². The number of H-pyrrole nitrogens is 1. The average Bonchev–Trinajstić information content (AvgIpc) is 2.68. The zero-order valence-electron chi connectivity index (χ0n) is 15.5. The predicted octanol–water partition coefficient (Wildman–Crippen LogP) is 2.50. The van der Waals surface area contributed by atoms with E-state index < -0.39 is 0 Å². The number of nitrogens with zero attached hydrogens (tertiary/aromatic N) is 3. The summed E-state index contributed by atoms with van der Waals surface area (Å²) in [5.41, 5.74) is 3.97. The van der Waals surface area contributed by atoms with Crippen LogP contribution in [-0.2, 0) is 0 Å². The minimum Gasteiger partial charge on any atom is -0.368 e. The first kappa shape index (κ1) is 17.3. The molecule has 0 spiro atoms. The molecule has 1 amide bonds. The van der Waals surface area contributed by atoms with Crippen molar-refractivity contribution in [3.63, 3.8) is 0 Å². The SMILES string of the molecule is Cc1ccc(N2CCN(C(=O)c3nc4ccccc4c(=O)[nH]3)CC2)c(C)c1. The highest BCUT2D eigenvalue weighted by Gasteiger charge is 2.24. The topological polar surface area (TPSA) is 69.3 Å². The van der Waals surface area contributed by atoms with Gasteiger partial charge in [-0.25, -0.2) is 4.98 Å². The third kappa shape index (κ3) is 3.30. The third-order valence-corrected chi connectivity index (χ3v) is 5.08. The van der Waals surface area contributed by atoms with E-state index in [2.05, 4.69) is 46.9 Å². The number of carbonyl (C=O) groups is 1. The van der Waals surface area contributed by atoms with Crippen molar-refractivity contribution < 1.29 is 4.79 Å². The summed E-state index contributed by atoms with van der Waals surface area (Å²) < 4.78 is 0. The first-order chi connectivity index (χ1) is 13.0. The molecule has 27 heavy (non-hydrogen) atoms. The zero-order valence-corrected chi connectivity index (χ0v) is 15.5. The smallest absolute Gasteiger partial charge is 0.289 e. The quantitative estimate of drug-likeness (QED) is 0.760. The van der Waals surface area contributed by atoms with Crippen molar-refractivity contribution in [3.05, 3.63) is 69.8 Å². The molecular formula is C21H22N4O2. The molecule has 6 nitrogen and oxygen atoms in total. The van der Waals surface area contributed by atoms with Gasteiger partial charge in [-0.2, -0.15) is 0 Å². The van der Waals surface area contributed by atoms with E-state index in [-0.39, 0.29) is 17.3 Å². The van der Waals surface area contributed by atoms with Gasteiger partial charge in [-0.05, 0) is 37.6 Å². The molecule has 1 aromatic heterocycles. The molecule has 0 atom stereocenters. The molecule has 0 saturated carbocycles. The lowest BCUT2D eigenvalue weighted by Crippen LogP contribution is -2.49. The van der Waals surface area contributed by atoms with Gasteiger partial charge in [0.1, 0.15) is 0 Å². The van der Waals surface area contributed by atoms with Crippen LogP contribution in [0.1, 0.15) is 21.7 Å². The molecule has 1 saturated heterocycles. The number of nitrogens with one attached hydrogen (secondary N) is 1. The average molecular weight is 362 g/mol. The van der Waals surface area contributed by atoms with Crippen LogP contribution in [0, 0.1) is 13.8 Å². The number of aromatic amines is 1. The maximum atomic E-state index is 12.8. The molecule has 1 N–H and O–H groups in total. The van der Waals surface area contributed by atoms with E-state index >= 15 is 0 Å². The Morgan fingerprint density at radius 3 is 2.52 bits per heavy atom. The molecule has 6 heteroatoms. The molecule has 0 radical (unpaired) electrons. The number of fused-ring (bicyclic) bond motifs is 1. The molecule has 2 aromatic carbocycles. The second-order valence-corrected chi connectivity index (χ2v) is 7.00. The number of rotatable bonds is 2. The lowest BCUT2D eigenvalue weighted by Gasteiger charge is -2.36. The van der Waals surface area contributed by atoms with Gasteiger partial charge in [0.05, 0.1) is 10.9 Å². The summed E-state index contributed by atoms with van der Waals surface area (Å²) in [4.78, 5) is 36.1. The van der Waals surface area contributed by atoms with Gasteiger partial charge in [-0.3, -0.25) is 9.59 Å². The number of piperazine rings is 1. The Balaban J connectivity index is 1.51. The van der Waals surface area contributed by atoms with Gasteiger partial charge in [0.2, 0.25) is 0 Å². The Kier molecular flexibility index (Phi) is 4.39. The second kappa shape index (κ2) is 6.87. The first-order valence-electron chi connectivity index (χ1n) is 9.13. The largest absolute Gasteiger partial charge is 0.368 e. The van der Waals surface area contributed by atoms with Crippen molar-refractivity contribution in [1.29, 1.82) is 0 Å². The minimum atomic E-state index is -0.280. The number of anilines is 1. The van der Waals surface area contributed by atoms with E-state index in [1.807, 2.05) is 6.07 Å². The van der Waals surface area contributed by atoms with Crippen molar-refractivity contribution in [1.82, 2.24) is 14.9 Å². The number of para-hydroxylation sites is 1.